The van der Waals surface area contributed by atoms with Crippen LogP contribution in [-0.2, 0) is 14.3 Å². The first kappa shape index (κ1) is 15.4. The van der Waals surface area contributed by atoms with Gasteiger partial charge < -0.3 is 9.47 Å². The monoisotopic (exact) mass is 257 g/mol. The topological polar surface area (TPSA) is 38.8 Å². The zero-order valence-corrected chi connectivity index (χ0v) is 12.1. The smallest absolute Gasteiger partial charge is 0.309 e. The summed E-state index contributed by atoms with van der Waals surface area (Å²) in [6.45, 7) is 8.87. The molecule has 2 atom stereocenters. The molecule has 1 aliphatic carbocycles. The molecular formula is C14H27NO3. The van der Waals surface area contributed by atoms with Crippen LogP contribution in [0.3, 0.4) is 0 Å². The summed E-state index contributed by atoms with van der Waals surface area (Å²) in [7, 11) is 1.72. The van der Waals surface area contributed by atoms with E-state index in [1.165, 1.54) is 12.8 Å². The van der Waals surface area contributed by atoms with Gasteiger partial charge in [-0.25, -0.2) is 0 Å². The number of carbonyl (C=O) groups excluding carboxylic acids is 1. The molecule has 0 aromatic carbocycles. The molecule has 1 aliphatic rings. The number of esters is 1. The van der Waals surface area contributed by atoms with Gasteiger partial charge >= 0.3 is 5.97 Å². The van der Waals surface area contributed by atoms with E-state index in [0.717, 1.165) is 19.0 Å². The van der Waals surface area contributed by atoms with Gasteiger partial charge in [0.05, 0.1) is 19.1 Å². The van der Waals surface area contributed by atoms with Gasteiger partial charge in [0.2, 0.25) is 0 Å². The largest absolute Gasteiger partial charge is 0.466 e. The third-order valence-corrected chi connectivity index (χ3v) is 3.66. The second-order valence-corrected chi connectivity index (χ2v) is 5.22. The quantitative estimate of drug-likeness (QED) is 0.592. The van der Waals surface area contributed by atoms with E-state index in [9.17, 15) is 4.79 Å². The normalized spacial score (nSPS) is 18.7. The van der Waals surface area contributed by atoms with Gasteiger partial charge in [0.15, 0.2) is 0 Å². The van der Waals surface area contributed by atoms with Crippen LogP contribution in [0.1, 0.15) is 33.6 Å². The lowest BCUT2D eigenvalue weighted by atomic mass is 10.1. The Bertz CT molecular complexity index is 253. The summed E-state index contributed by atoms with van der Waals surface area (Å²) in [6.07, 6.45) is 2.64. The summed E-state index contributed by atoms with van der Waals surface area (Å²) in [5, 5.41) is 0. The minimum atomic E-state index is -0.0945. The van der Waals surface area contributed by atoms with Gasteiger partial charge in [0.25, 0.3) is 0 Å². The van der Waals surface area contributed by atoms with E-state index in [1.807, 2.05) is 13.8 Å². The highest BCUT2D eigenvalue weighted by Crippen LogP contribution is 2.35. The minimum Gasteiger partial charge on any atom is -0.466 e. The molecule has 0 aromatic rings. The molecule has 1 saturated carbocycles. The van der Waals surface area contributed by atoms with Crippen LogP contribution in [-0.4, -0.2) is 50.3 Å². The van der Waals surface area contributed by atoms with Crippen molar-refractivity contribution in [2.24, 2.45) is 11.8 Å². The van der Waals surface area contributed by atoms with E-state index in [0.29, 0.717) is 19.3 Å². The summed E-state index contributed by atoms with van der Waals surface area (Å²) in [5.74, 6) is 0.641. The number of ether oxygens (including phenoxy) is 2. The molecule has 0 amide bonds. The highest BCUT2D eigenvalue weighted by atomic mass is 16.5. The van der Waals surface area contributed by atoms with Crippen LogP contribution in [0.25, 0.3) is 0 Å². The Morgan fingerprint density at radius 1 is 1.39 bits per heavy atom. The fourth-order valence-electron chi connectivity index (χ4n) is 2.26. The molecule has 0 radical (unpaired) electrons. The van der Waals surface area contributed by atoms with E-state index in [2.05, 4.69) is 11.8 Å². The molecule has 4 heteroatoms. The third-order valence-electron chi connectivity index (χ3n) is 3.66. The van der Waals surface area contributed by atoms with Crippen LogP contribution in [0, 0.1) is 11.8 Å². The average Bonchev–Trinajstić information content (AvgIpc) is 3.17. The van der Waals surface area contributed by atoms with Gasteiger partial charge in [-0.05, 0) is 32.6 Å². The second-order valence-electron chi connectivity index (χ2n) is 5.22. The third kappa shape index (κ3) is 4.94. The number of hydrogen-bond donors (Lipinski definition) is 0. The molecule has 0 bridgehead atoms. The van der Waals surface area contributed by atoms with E-state index < -0.39 is 0 Å². The van der Waals surface area contributed by atoms with E-state index in [-0.39, 0.29) is 11.9 Å². The molecule has 4 nitrogen and oxygen atoms in total. The molecule has 0 N–H and O–H groups in total. The minimum absolute atomic E-state index is 0.0667. The number of nitrogens with zero attached hydrogens (tertiary/aromatic N) is 1. The standard InChI is InChI=1S/C14H27NO3/c1-5-18-14(16)11(2)10-15(8-9-17-4)12(3)13-6-7-13/h11-13H,5-10H2,1-4H3. The van der Waals surface area contributed by atoms with Gasteiger partial charge in [-0.1, -0.05) is 6.92 Å². The van der Waals surface area contributed by atoms with Gasteiger partial charge in [0, 0.05) is 26.2 Å². The first-order valence-corrected chi connectivity index (χ1v) is 6.99. The number of carbonyl (C=O) groups is 1. The second kappa shape index (κ2) is 7.74. The van der Waals surface area contributed by atoms with Gasteiger partial charge in [-0.15, -0.1) is 0 Å². The highest BCUT2D eigenvalue weighted by Gasteiger charge is 2.33. The lowest BCUT2D eigenvalue weighted by Crippen LogP contribution is -2.41. The lowest BCUT2D eigenvalue weighted by molar-refractivity contribution is -0.148. The van der Waals surface area contributed by atoms with Crippen LogP contribution in [0.4, 0.5) is 0 Å². The Morgan fingerprint density at radius 3 is 2.56 bits per heavy atom. The fraction of sp³-hybridized carbons (Fsp3) is 0.929. The van der Waals surface area contributed by atoms with Crippen molar-refractivity contribution in [2.75, 3.05) is 33.4 Å². The Morgan fingerprint density at radius 2 is 2.06 bits per heavy atom. The van der Waals surface area contributed by atoms with Crippen LogP contribution in [0.2, 0.25) is 0 Å². The first-order valence-electron chi connectivity index (χ1n) is 6.99. The molecule has 0 aliphatic heterocycles. The van der Waals surface area contributed by atoms with Crippen LogP contribution in [0.5, 0.6) is 0 Å². The summed E-state index contributed by atoms with van der Waals surface area (Å²) in [5.41, 5.74) is 0. The van der Waals surface area contributed by atoms with Crippen LogP contribution >= 0.6 is 0 Å². The molecular weight excluding hydrogens is 230 g/mol. The van der Waals surface area contributed by atoms with Gasteiger partial charge in [-0.3, -0.25) is 9.69 Å². The van der Waals surface area contributed by atoms with Crippen molar-refractivity contribution in [1.29, 1.82) is 0 Å². The van der Waals surface area contributed by atoms with E-state index in [4.69, 9.17) is 9.47 Å². The fourth-order valence-corrected chi connectivity index (χ4v) is 2.26. The number of hydrogen-bond acceptors (Lipinski definition) is 4. The molecule has 0 spiro atoms. The molecule has 2 unspecified atom stereocenters. The maximum Gasteiger partial charge on any atom is 0.309 e. The van der Waals surface area contributed by atoms with Crippen LogP contribution in [0.15, 0.2) is 0 Å². The molecule has 0 saturated heterocycles. The SMILES string of the molecule is CCOC(=O)C(C)CN(CCOC)C(C)C1CC1. The number of rotatable bonds is 9. The molecule has 1 rings (SSSR count). The van der Waals surface area contributed by atoms with E-state index >= 15 is 0 Å². The van der Waals surface area contributed by atoms with Gasteiger partial charge in [-0.2, -0.15) is 0 Å². The molecule has 106 valence electrons. The summed E-state index contributed by atoms with van der Waals surface area (Å²) >= 11 is 0. The molecule has 18 heavy (non-hydrogen) atoms. The average molecular weight is 257 g/mol. The Labute approximate surface area is 111 Å². The summed E-state index contributed by atoms with van der Waals surface area (Å²) in [6, 6.07) is 0.539. The Hall–Kier alpha value is -0.610. The Balaban J connectivity index is 2.45. The van der Waals surface area contributed by atoms with Crippen molar-refractivity contribution < 1.29 is 14.3 Å². The number of methoxy groups -OCH3 is 1. The molecule has 1 fully saturated rings. The maximum absolute atomic E-state index is 11.7. The van der Waals surface area contributed by atoms with Crippen molar-refractivity contribution in [3.63, 3.8) is 0 Å². The van der Waals surface area contributed by atoms with Crippen molar-refractivity contribution in [3.05, 3.63) is 0 Å². The lowest BCUT2D eigenvalue weighted by Gasteiger charge is -2.30. The van der Waals surface area contributed by atoms with Crippen LogP contribution < -0.4 is 0 Å². The van der Waals surface area contributed by atoms with Crippen molar-refractivity contribution in [2.45, 2.75) is 39.7 Å². The zero-order valence-electron chi connectivity index (χ0n) is 12.1. The maximum atomic E-state index is 11.7. The van der Waals surface area contributed by atoms with Crippen molar-refractivity contribution in [3.8, 4) is 0 Å². The molecule has 0 heterocycles. The predicted octanol–water partition coefficient (Wildman–Crippen LogP) is 1.93. The van der Waals surface area contributed by atoms with Crippen molar-refractivity contribution in [1.82, 2.24) is 4.90 Å². The zero-order chi connectivity index (χ0) is 13.5. The summed E-state index contributed by atoms with van der Waals surface area (Å²) < 4.78 is 10.2. The predicted molar refractivity (Wildman–Crippen MR) is 71.4 cm³/mol. The Kier molecular flexibility index (Phi) is 6.65. The van der Waals surface area contributed by atoms with Crippen molar-refractivity contribution >= 4 is 5.97 Å². The first-order chi connectivity index (χ1) is 8.60. The summed E-state index contributed by atoms with van der Waals surface area (Å²) in [4.78, 5) is 14.0. The highest BCUT2D eigenvalue weighted by molar-refractivity contribution is 5.72. The van der Waals surface area contributed by atoms with E-state index in [1.54, 1.807) is 7.11 Å². The van der Waals surface area contributed by atoms with Gasteiger partial charge in [0.1, 0.15) is 0 Å². The molecule has 0 aromatic heterocycles.